The lowest BCUT2D eigenvalue weighted by Gasteiger charge is -2.11. The van der Waals surface area contributed by atoms with Gasteiger partial charge in [0.25, 0.3) is 5.56 Å². The minimum absolute atomic E-state index is 0.159. The third-order valence-electron chi connectivity index (χ3n) is 1.91. The lowest BCUT2D eigenvalue weighted by atomic mass is 10.3. The molecule has 1 aromatic heterocycles. The molecule has 0 aliphatic carbocycles. The number of allylic oxidation sites excluding steroid dienone is 1. The highest BCUT2D eigenvalue weighted by Crippen LogP contribution is 2.16. The second kappa shape index (κ2) is 5.52. The molecular formula is C11H12BrN3O. The van der Waals surface area contributed by atoms with Gasteiger partial charge in [0.15, 0.2) is 0 Å². The SMILES string of the molecule is C#CC(C)Nc1cnn(CC=C)c(=O)c1Br. The predicted octanol–water partition coefficient (Wildman–Crippen LogP) is 1.63. The number of rotatable bonds is 4. The van der Waals surface area contributed by atoms with Crippen LogP contribution in [0.2, 0.25) is 0 Å². The van der Waals surface area contributed by atoms with Crippen molar-refractivity contribution in [3.05, 3.63) is 33.7 Å². The fourth-order valence-electron chi connectivity index (χ4n) is 1.09. The third kappa shape index (κ3) is 2.74. The van der Waals surface area contributed by atoms with Gasteiger partial charge in [-0.05, 0) is 22.9 Å². The highest BCUT2D eigenvalue weighted by atomic mass is 79.9. The molecule has 0 saturated carbocycles. The average Bonchev–Trinajstić information content (AvgIpc) is 2.28. The number of terminal acetylenes is 1. The minimum atomic E-state index is -0.214. The Hall–Kier alpha value is -1.54. The van der Waals surface area contributed by atoms with E-state index in [2.05, 4.69) is 38.8 Å². The van der Waals surface area contributed by atoms with Crippen LogP contribution in [0.5, 0.6) is 0 Å². The van der Waals surface area contributed by atoms with E-state index in [4.69, 9.17) is 6.42 Å². The number of hydrogen-bond donors (Lipinski definition) is 1. The smallest absolute Gasteiger partial charge is 0.283 e. The van der Waals surface area contributed by atoms with E-state index in [0.29, 0.717) is 16.7 Å². The summed E-state index contributed by atoms with van der Waals surface area (Å²) in [6, 6.07) is -0.159. The first-order chi connectivity index (χ1) is 7.60. The lowest BCUT2D eigenvalue weighted by molar-refractivity contribution is 0.648. The molecule has 0 aliphatic rings. The molecule has 1 rings (SSSR count). The molecule has 4 nitrogen and oxygen atoms in total. The first kappa shape index (κ1) is 12.5. The Kier molecular flexibility index (Phi) is 4.32. The molecule has 1 atom stereocenters. The largest absolute Gasteiger partial charge is 0.369 e. The van der Waals surface area contributed by atoms with Crippen LogP contribution in [0.4, 0.5) is 5.69 Å². The van der Waals surface area contributed by atoms with E-state index >= 15 is 0 Å². The second-order valence-corrected chi connectivity index (χ2v) is 3.97. The van der Waals surface area contributed by atoms with E-state index in [0.717, 1.165) is 0 Å². The summed E-state index contributed by atoms with van der Waals surface area (Å²) < 4.78 is 1.73. The molecule has 0 spiro atoms. The van der Waals surface area contributed by atoms with Crippen LogP contribution in [-0.4, -0.2) is 15.8 Å². The topological polar surface area (TPSA) is 46.9 Å². The normalized spacial score (nSPS) is 11.6. The summed E-state index contributed by atoms with van der Waals surface area (Å²) in [6.07, 6.45) is 8.41. The summed E-state index contributed by atoms with van der Waals surface area (Å²) in [4.78, 5) is 11.8. The molecule has 84 valence electrons. The number of aromatic nitrogens is 2. The van der Waals surface area contributed by atoms with Gasteiger partial charge in [-0.3, -0.25) is 4.79 Å². The molecule has 0 bridgehead atoms. The fraction of sp³-hybridized carbons (Fsp3) is 0.273. The molecular weight excluding hydrogens is 270 g/mol. The number of hydrogen-bond acceptors (Lipinski definition) is 3. The van der Waals surface area contributed by atoms with Crippen LogP contribution in [0.3, 0.4) is 0 Å². The Bertz CT molecular complexity index is 487. The number of halogens is 1. The molecule has 1 unspecified atom stereocenters. The predicted molar refractivity (Wildman–Crippen MR) is 68.3 cm³/mol. The Labute approximate surface area is 102 Å². The van der Waals surface area contributed by atoms with Crippen LogP contribution in [0.1, 0.15) is 6.92 Å². The van der Waals surface area contributed by atoms with Crippen LogP contribution in [-0.2, 0) is 6.54 Å². The molecule has 0 radical (unpaired) electrons. The summed E-state index contributed by atoms with van der Waals surface area (Å²) in [5.41, 5.74) is 0.380. The molecule has 1 aromatic rings. The van der Waals surface area contributed by atoms with Gasteiger partial charge < -0.3 is 5.32 Å². The van der Waals surface area contributed by atoms with Gasteiger partial charge >= 0.3 is 0 Å². The highest BCUT2D eigenvalue weighted by molar-refractivity contribution is 9.10. The monoisotopic (exact) mass is 281 g/mol. The Morgan fingerprint density at radius 1 is 1.88 bits per heavy atom. The van der Waals surface area contributed by atoms with Crippen molar-refractivity contribution in [3.8, 4) is 12.3 Å². The second-order valence-electron chi connectivity index (χ2n) is 3.18. The first-order valence-electron chi connectivity index (χ1n) is 4.69. The number of nitrogens with one attached hydrogen (secondary N) is 1. The first-order valence-corrected chi connectivity index (χ1v) is 5.48. The summed E-state index contributed by atoms with van der Waals surface area (Å²) in [7, 11) is 0. The summed E-state index contributed by atoms with van der Waals surface area (Å²) in [6.45, 7) is 5.75. The summed E-state index contributed by atoms with van der Waals surface area (Å²) >= 11 is 3.22. The lowest BCUT2D eigenvalue weighted by Crippen LogP contribution is -2.25. The van der Waals surface area contributed by atoms with E-state index < -0.39 is 0 Å². The van der Waals surface area contributed by atoms with Gasteiger partial charge in [-0.1, -0.05) is 12.0 Å². The van der Waals surface area contributed by atoms with Gasteiger partial charge in [-0.2, -0.15) is 5.10 Å². The minimum Gasteiger partial charge on any atom is -0.369 e. The molecule has 5 heteroatoms. The molecule has 1 N–H and O–H groups in total. The standard InChI is InChI=1S/C11H12BrN3O/c1-4-6-15-11(16)10(12)9(7-13-15)14-8(3)5-2/h2,4,7-8,14H,1,6H2,3H3. The molecule has 0 aliphatic heterocycles. The van der Waals surface area contributed by atoms with Crippen molar-refractivity contribution in [2.24, 2.45) is 0 Å². The molecule has 0 aromatic carbocycles. The fourth-order valence-corrected chi connectivity index (χ4v) is 1.51. The maximum absolute atomic E-state index is 11.8. The van der Waals surface area contributed by atoms with Gasteiger partial charge in [0.05, 0.1) is 24.5 Å². The van der Waals surface area contributed by atoms with Crippen molar-refractivity contribution in [1.82, 2.24) is 9.78 Å². The Balaban J connectivity index is 3.08. The van der Waals surface area contributed by atoms with Crippen molar-refractivity contribution in [3.63, 3.8) is 0 Å². The molecule has 0 fully saturated rings. The number of nitrogens with zero attached hydrogens (tertiary/aromatic N) is 2. The van der Waals surface area contributed by atoms with Crippen molar-refractivity contribution >= 4 is 21.6 Å². The van der Waals surface area contributed by atoms with Crippen molar-refractivity contribution in [1.29, 1.82) is 0 Å². The van der Waals surface area contributed by atoms with E-state index in [-0.39, 0.29) is 11.6 Å². The zero-order chi connectivity index (χ0) is 12.1. The average molecular weight is 282 g/mol. The van der Waals surface area contributed by atoms with E-state index in [1.807, 2.05) is 6.92 Å². The Morgan fingerprint density at radius 2 is 2.56 bits per heavy atom. The van der Waals surface area contributed by atoms with E-state index in [1.165, 1.54) is 4.68 Å². The van der Waals surface area contributed by atoms with Crippen LogP contribution in [0.25, 0.3) is 0 Å². The zero-order valence-electron chi connectivity index (χ0n) is 8.90. The zero-order valence-corrected chi connectivity index (χ0v) is 10.5. The van der Waals surface area contributed by atoms with Gasteiger partial charge in [0.1, 0.15) is 4.47 Å². The summed E-state index contributed by atoms with van der Waals surface area (Å²) in [5.74, 6) is 2.52. The maximum atomic E-state index is 11.8. The van der Waals surface area contributed by atoms with E-state index in [9.17, 15) is 4.79 Å². The molecule has 0 saturated heterocycles. The maximum Gasteiger partial charge on any atom is 0.283 e. The van der Waals surface area contributed by atoms with Gasteiger partial charge in [0, 0.05) is 0 Å². The van der Waals surface area contributed by atoms with Gasteiger partial charge in [-0.25, -0.2) is 4.68 Å². The van der Waals surface area contributed by atoms with Crippen molar-refractivity contribution in [2.75, 3.05) is 5.32 Å². The quantitative estimate of drug-likeness (QED) is 0.674. The van der Waals surface area contributed by atoms with Crippen LogP contribution in [0.15, 0.2) is 28.1 Å². The third-order valence-corrected chi connectivity index (χ3v) is 2.68. The van der Waals surface area contributed by atoms with Crippen LogP contribution in [0, 0.1) is 12.3 Å². The van der Waals surface area contributed by atoms with Crippen molar-refractivity contribution < 1.29 is 0 Å². The van der Waals surface area contributed by atoms with Crippen molar-refractivity contribution in [2.45, 2.75) is 19.5 Å². The van der Waals surface area contributed by atoms with E-state index in [1.54, 1.807) is 12.3 Å². The van der Waals surface area contributed by atoms with Crippen LogP contribution >= 0.6 is 15.9 Å². The van der Waals surface area contributed by atoms with Crippen LogP contribution < -0.4 is 10.9 Å². The van der Waals surface area contributed by atoms with Gasteiger partial charge in [-0.15, -0.1) is 13.0 Å². The van der Waals surface area contributed by atoms with Gasteiger partial charge in [0.2, 0.25) is 0 Å². The summed E-state index contributed by atoms with van der Waals surface area (Å²) in [5, 5.41) is 6.97. The molecule has 0 amide bonds. The molecule has 1 heterocycles. The molecule has 16 heavy (non-hydrogen) atoms. The number of anilines is 1. The highest BCUT2D eigenvalue weighted by Gasteiger charge is 2.09. The Morgan fingerprint density at radius 3 is 3.12 bits per heavy atom.